The average molecular weight is 462 g/mol. The number of hydrogen-bond acceptors (Lipinski definition) is 4. The van der Waals surface area contributed by atoms with Crippen LogP contribution in [0.25, 0.3) is 10.4 Å². The number of benzene rings is 2. The van der Waals surface area contributed by atoms with Gasteiger partial charge in [-0.15, -0.1) is 11.3 Å². The van der Waals surface area contributed by atoms with E-state index in [1.807, 2.05) is 0 Å². The van der Waals surface area contributed by atoms with E-state index in [4.69, 9.17) is 9.84 Å². The van der Waals surface area contributed by atoms with Gasteiger partial charge in [0.25, 0.3) is 0 Å². The molecule has 1 heterocycles. The number of halogens is 3. The van der Waals surface area contributed by atoms with Crippen LogP contribution in [-0.4, -0.2) is 23.0 Å². The minimum Gasteiger partial charge on any atom is -0.479 e. The summed E-state index contributed by atoms with van der Waals surface area (Å²) in [6.07, 6.45) is -4.16. The second kappa shape index (κ2) is 9.99. The second-order valence-electron chi connectivity index (χ2n) is 7.16. The molecule has 1 atom stereocenters. The third kappa shape index (κ3) is 5.97. The maximum absolute atomic E-state index is 12.7. The lowest BCUT2D eigenvalue weighted by Crippen LogP contribution is -2.25. The molecular formula is C24H21F3O4S. The average Bonchev–Trinajstić information content (AvgIpc) is 3.26. The Morgan fingerprint density at radius 1 is 1.00 bits per heavy atom. The van der Waals surface area contributed by atoms with E-state index in [9.17, 15) is 22.8 Å². The number of rotatable bonds is 9. The number of carbonyl (C=O) groups is 2. The lowest BCUT2D eigenvalue weighted by atomic mass is 10.1. The number of alkyl halides is 3. The van der Waals surface area contributed by atoms with Crippen molar-refractivity contribution in [2.75, 3.05) is 0 Å². The molecule has 2 aromatic carbocycles. The molecule has 0 aliphatic rings. The molecule has 0 amide bonds. The molecule has 8 heteroatoms. The molecule has 1 unspecified atom stereocenters. The number of aliphatic carboxylic acids is 1. The van der Waals surface area contributed by atoms with Gasteiger partial charge in [-0.3, -0.25) is 4.79 Å². The molecule has 32 heavy (non-hydrogen) atoms. The Bertz CT molecular complexity index is 1070. The van der Waals surface area contributed by atoms with Gasteiger partial charge in [0.1, 0.15) is 5.75 Å². The SMILES string of the molecule is CCC(Oc1ccc(CCC(=O)c2ccc(-c3ccc(C(F)(F)F)cc3)s2)cc1)C(=O)O. The van der Waals surface area contributed by atoms with Crippen molar-refractivity contribution in [3.05, 3.63) is 76.7 Å². The van der Waals surface area contributed by atoms with E-state index in [1.165, 1.54) is 23.5 Å². The van der Waals surface area contributed by atoms with E-state index in [2.05, 4.69) is 0 Å². The number of hydrogen-bond donors (Lipinski definition) is 1. The Labute approximate surface area is 187 Å². The first kappa shape index (κ1) is 23.5. The largest absolute Gasteiger partial charge is 0.479 e. The summed E-state index contributed by atoms with van der Waals surface area (Å²) in [5.74, 6) is -0.618. The van der Waals surface area contributed by atoms with Crippen LogP contribution >= 0.6 is 11.3 Å². The van der Waals surface area contributed by atoms with Crippen molar-refractivity contribution < 1.29 is 32.6 Å². The Morgan fingerprint density at radius 2 is 1.66 bits per heavy atom. The maximum Gasteiger partial charge on any atom is 0.416 e. The van der Waals surface area contributed by atoms with Crippen LogP contribution in [0.4, 0.5) is 13.2 Å². The molecule has 3 aromatic rings. The third-order valence-electron chi connectivity index (χ3n) is 4.87. The summed E-state index contributed by atoms with van der Waals surface area (Å²) in [6, 6.07) is 15.2. The Kier molecular flexibility index (Phi) is 7.35. The standard InChI is InChI=1S/C24H21F3O4S/c1-2-20(23(29)30)31-18-10-3-15(4-11-18)5-12-19(28)22-14-13-21(32-22)16-6-8-17(9-7-16)24(25,26)27/h3-4,6-11,13-14,20H,2,5,12H2,1H3,(H,29,30). The highest BCUT2D eigenvalue weighted by Crippen LogP contribution is 2.33. The fraction of sp³-hybridized carbons (Fsp3) is 0.250. The molecule has 1 N–H and O–H groups in total. The number of ether oxygens (including phenoxy) is 1. The Hall–Kier alpha value is -3.13. The van der Waals surface area contributed by atoms with Crippen molar-refractivity contribution in [3.8, 4) is 16.2 Å². The fourth-order valence-electron chi connectivity index (χ4n) is 3.05. The zero-order chi connectivity index (χ0) is 23.3. The first-order chi connectivity index (χ1) is 15.2. The predicted octanol–water partition coefficient (Wildman–Crippen LogP) is 6.49. The molecular weight excluding hydrogens is 441 g/mol. The lowest BCUT2D eigenvalue weighted by Gasteiger charge is -2.13. The van der Waals surface area contributed by atoms with Gasteiger partial charge in [0.05, 0.1) is 10.4 Å². The topological polar surface area (TPSA) is 63.6 Å². The molecule has 168 valence electrons. The van der Waals surface area contributed by atoms with Gasteiger partial charge in [-0.2, -0.15) is 13.2 Å². The zero-order valence-corrected chi connectivity index (χ0v) is 18.0. The number of carbonyl (C=O) groups excluding carboxylic acids is 1. The lowest BCUT2D eigenvalue weighted by molar-refractivity contribution is -0.145. The predicted molar refractivity (Wildman–Crippen MR) is 116 cm³/mol. The summed E-state index contributed by atoms with van der Waals surface area (Å²) in [5, 5.41) is 9.05. The molecule has 0 aliphatic heterocycles. The van der Waals surface area contributed by atoms with Crippen LogP contribution in [0.5, 0.6) is 5.75 Å². The van der Waals surface area contributed by atoms with Gasteiger partial charge in [-0.1, -0.05) is 31.2 Å². The fourth-order valence-corrected chi connectivity index (χ4v) is 4.03. The van der Waals surface area contributed by atoms with Crippen LogP contribution in [0.3, 0.4) is 0 Å². The van der Waals surface area contributed by atoms with Crippen molar-refractivity contribution in [2.45, 2.75) is 38.5 Å². The molecule has 0 spiro atoms. The molecule has 0 fully saturated rings. The summed E-state index contributed by atoms with van der Waals surface area (Å²) in [7, 11) is 0. The zero-order valence-electron chi connectivity index (χ0n) is 17.2. The summed E-state index contributed by atoms with van der Waals surface area (Å²) in [5.41, 5.74) is 0.830. The first-order valence-electron chi connectivity index (χ1n) is 9.96. The monoisotopic (exact) mass is 462 g/mol. The minimum atomic E-state index is -4.38. The third-order valence-corrected chi connectivity index (χ3v) is 6.04. The smallest absolute Gasteiger partial charge is 0.416 e. The van der Waals surface area contributed by atoms with Gasteiger partial charge in [0, 0.05) is 11.3 Å². The van der Waals surface area contributed by atoms with Crippen LogP contribution < -0.4 is 4.74 Å². The molecule has 0 aliphatic carbocycles. The highest BCUT2D eigenvalue weighted by molar-refractivity contribution is 7.17. The number of carboxylic acids is 1. The van der Waals surface area contributed by atoms with Crippen LogP contribution in [0.15, 0.2) is 60.7 Å². The van der Waals surface area contributed by atoms with E-state index in [0.717, 1.165) is 22.6 Å². The molecule has 0 bridgehead atoms. The maximum atomic E-state index is 12.7. The highest BCUT2D eigenvalue weighted by Gasteiger charge is 2.30. The summed E-state index contributed by atoms with van der Waals surface area (Å²) in [6.45, 7) is 1.73. The number of ketones is 1. The number of carboxylic acid groups (broad SMARTS) is 1. The van der Waals surface area contributed by atoms with E-state index in [1.54, 1.807) is 43.3 Å². The minimum absolute atomic E-state index is 0.0505. The Morgan fingerprint density at radius 3 is 2.22 bits per heavy atom. The summed E-state index contributed by atoms with van der Waals surface area (Å²) in [4.78, 5) is 24.9. The van der Waals surface area contributed by atoms with Gasteiger partial charge >= 0.3 is 12.1 Å². The van der Waals surface area contributed by atoms with E-state index in [0.29, 0.717) is 29.0 Å². The van der Waals surface area contributed by atoms with Crippen molar-refractivity contribution in [1.82, 2.24) is 0 Å². The van der Waals surface area contributed by atoms with Gasteiger partial charge in [0.2, 0.25) is 0 Å². The molecule has 0 radical (unpaired) electrons. The number of aryl methyl sites for hydroxylation is 1. The van der Waals surface area contributed by atoms with Crippen molar-refractivity contribution in [1.29, 1.82) is 0 Å². The van der Waals surface area contributed by atoms with Crippen LogP contribution in [-0.2, 0) is 17.4 Å². The molecule has 3 rings (SSSR count). The van der Waals surface area contributed by atoms with Crippen molar-refractivity contribution >= 4 is 23.1 Å². The van der Waals surface area contributed by atoms with E-state index >= 15 is 0 Å². The van der Waals surface area contributed by atoms with Crippen molar-refractivity contribution in [2.24, 2.45) is 0 Å². The Balaban J connectivity index is 1.58. The highest BCUT2D eigenvalue weighted by atomic mass is 32.1. The summed E-state index contributed by atoms with van der Waals surface area (Å²) >= 11 is 1.25. The second-order valence-corrected chi connectivity index (χ2v) is 8.24. The van der Waals surface area contributed by atoms with E-state index in [-0.39, 0.29) is 12.2 Å². The van der Waals surface area contributed by atoms with Crippen molar-refractivity contribution in [3.63, 3.8) is 0 Å². The van der Waals surface area contributed by atoms with Crippen LogP contribution in [0, 0.1) is 0 Å². The number of Topliss-reactive ketones (excluding diaryl/α,β-unsaturated/α-hetero) is 1. The first-order valence-corrected chi connectivity index (χ1v) is 10.8. The molecule has 0 saturated heterocycles. The van der Waals surface area contributed by atoms with Gasteiger partial charge in [-0.25, -0.2) is 4.79 Å². The van der Waals surface area contributed by atoms with Gasteiger partial charge in [-0.05, 0) is 60.4 Å². The van der Waals surface area contributed by atoms with Crippen LogP contribution in [0.1, 0.15) is 40.6 Å². The normalized spacial score (nSPS) is 12.4. The summed E-state index contributed by atoms with van der Waals surface area (Å²) < 4.78 is 43.5. The van der Waals surface area contributed by atoms with Gasteiger partial charge in [0.15, 0.2) is 11.9 Å². The van der Waals surface area contributed by atoms with Crippen LogP contribution in [0.2, 0.25) is 0 Å². The van der Waals surface area contributed by atoms with Gasteiger partial charge < -0.3 is 9.84 Å². The quantitative estimate of drug-likeness (QED) is 0.369. The number of thiophene rings is 1. The molecule has 0 saturated carbocycles. The van der Waals surface area contributed by atoms with E-state index < -0.39 is 23.8 Å². The molecule has 4 nitrogen and oxygen atoms in total. The molecule has 1 aromatic heterocycles.